The van der Waals surface area contributed by atoms with E-state index in [0.717, 1.165) is 53.9 Å². The van der Waals surface area contributed by atoms with Gasteiger partial charge in [0.15, 0.2) is 16.7 Å². The summed E-state index contributed by atoms with van der Waals surface area (Å²) in [6.45, 7) is 0. The Labute approximate surface area is 168 Å². The molecule has 1 amide bonds. The molecule has 5 rings (SSSR count). The van der Waals surface area contributed by atoms with E-state index in [9.17, 15) is 4.79 Å². The molecule has 2 fully saturated rings. The second-order valence-corrected chi connectivity index (χ2v) is 8.79. The van der Waals surface area contributed by atoms with Gasteiger partial charge in [-0.1, -0.05) is 18.2 Å². The minimum atomic E-state index is -0.496. The van der Waals surface area contributed by atoms with Crippen LogP contribution in [0.5, 0.6) is 11.5 Å². The molecule has 0 atom stereocenters. The van der Waals surface area contributed by atoms with Crippen molar-refractivity contribution in [2.45, 2.75) is 61.8 Å². The van der Waals surface area contributed by atoms with Crippen LogP contribution in [0.1, 0.15) is 56.7 Å². The van der Waals surface area contributed by atoms with Crippen LogP contribution in [0, 0.1) is 0 Å². The molecule has 7 nitrogen and oxygen atoms in total. The SMILES string of the molecule is Cn1c(SCC(=O)Nc2ccc3c(c2)OC2(CCCCC2)O3)nnc1C1CC1. The molecule has 1 aromatic carbocycles. The van der Waals surface area contributed by atoms with E-state index in [1.807, 2.05) is 29.8 Å². The van der Waals surface area contributed by atoms with Crippen LogP contribution < -0.4 is 14.8 Å². The summed E-state index contributed by atoms with van der Waals surface area (Å²) >= 11 is 1.40. The number of amides is 1. The lowest BCUT2D eigenvalue weighted by molar-refractivity contribution is -0.113. The average Bonchev–Trinajstić information content (AvgIpc) is 3.37. The summed E-state index contributed by atoms with van der Waals surface area (Å²) in [7, 11) is 1.97. The van der Waals surface area contributed by atoms with Crippen molar-refractivity contribution in [3.05, 3.63) is 24.0 Å². The highest BCUT2D eigenvalue weighted by molar-refractivity contribution is 7.99. The normalized spacial score (nSPS) is 19.8. The van der Waals surface area contributed by atoms with E-state index in [-0.39, 0.29) is 11.7 Å². The third-order valence-electron chi connectivity index (χ3n) is 5.58. The van der Waals surface area contributed by atoms with Crippen LogP contribution in [0.2, 0.25) is 0 Å². The van der Waals surface area contributed by atoms with Crippen molar-refractivity contribution in [1.29, 1.82) is 0 Å². The summed E-state index contributed by atoms with van der Waals surface area (Å²) in [6.07, 6.45) is 7.68. The largest absolute Gasteiger partial charge is 0.448 e. The second kappa shape index (κ2) is 6.99. The Morgan fingerprint density at radius 2 is 2.00 bits per heavy atom. The number of nitrogens with one attached hydrogen (secondary N) is 1. The van der Waals surface area contributed by atoms with Crippen molar-refractivity contribution in [3.63, 3.8) is 0 Å². The molecule has 2 aromatic rings. The number of hydrogen-bond acceptors (Lipinski definition) is 6. The van der Waals surface area contributed by atoms with Crippen LogP contribution in [-0.4, -0.2) is 32.2 Å². The van der Waals surface area contributed by atoms with E-state index in [1.165, 1.54) is 31.0 Å². The predicted octanol–water partition coefficient (Wildman–Crippen LogP) is 3.85. The zero-order chi connectivity index (χ0) is 19.1. The topological polar surface area (TPSA) is 78.3 Å². The lowest BCUT2D eigenvalue weighted by Gasteiger charge is -2.31. The first kappa shape index (κ1) is 17.8. The summed E-state index contributed by atoms with van der Waals surface area (Å²) < 4.78 is 14.2. The summed E-state index contributed by atoms with van der Waals surface area (Å²) in [5, 5.41) is 12.2. The Morgan fingerprint density at radius 1 is 1.21 bits per heavy atom. The van der Waals surface area contributed by atoms with Crippen molar-refractivity contribution in [1.82, 2.24) is 14.8 Å². The van der Waals surface area contributed by atoms with Gasteiger partial charge in [0, 0.05) is 37.6 Å². The van der Waals surface area contributed by atoms with Crippen molar-refractivity contribution in [3.8, 4) is 11.5 Å². The molecule has 1 aromatic heterocycles. The number of carbonyl (C=O) groups is 1. The first-order valence-electron chi connectivity index (χ1n) is 9.96. The van der Waals surface area contributed by atoms with Gasteiger partial charge in [0.1, 0.15) is 5.82 Å². The number of aromatic nitrogens is 3. The first-order chi connectivity index (χ1) is 13.6. The number of hydrogen-bond donors (Lipinski definition) is 1. The van der Waals surface area contributed by atoms with Crippen LogP contribution in [0.4, 0.5) is 5.69 Å². The highest BCUT2D eigenvalue weighted by atomic mass is 32.2. The van der Waals surface area contributed by atoms with Gasteiger partial charge in [-0.05, 0) is 37.8 Å². The molecule has 2 aliphatic carbocycles. The molecule has 1 N–H and O–H groups in total. The summed E-state index contributed by atoms with van der Waals surface area (Å²) in [5.74, 6) is 2.76. The van der Waals surface area contributed by atoms with Crippen LogP contribution in [0.3, 0.4) is 0 Å². The maximum atomic E-state index is 12.4. The van der Waals surface area contributed by atoms with Gasteiger partial charge in [0.05, 0.1) is 5.75 Å². The van der Waals surface area contributed by atoms with Gasteiger partial charge in [-0.2, -0.15) is 0 Å². The molecule has 2 heterocycles. The number of carbonyl (C=O) groups excluding carboxylic acids is 1. The van der Waals surface area contributed by atoms with Crippen LogP contribution in [0.15, 0.2) is 23.4 Å². The summed E-state index contributed by atoms with van der Waals surface area (Å²) in [6, 6.07) is 5.60. The molecule has 0 saturated heterocycles. The Balaban J connectivity index is 1.19. The Bertz CT molecular complexity index is 903. The quantitative estimate of drug-likeness (QED) is 0.768. The smallest absolute Gasteiger partial charge is 0.251 e. The van der Waals surface area contributed by atoms with Crippen LogP contribution in [-0.2, 0) is 11.8 Å². The molecule has 0 bridgehead atoms. The number of ether oxygens (including phenoxy) is 2. The van der Waals surface area contributed by atoms with Gasteiger partial charge in [0.2, 0.25) is 5.91 Å². The standard InChI is InChI=1S/C20H24N4O3S/c1-24-18(13-5-6-13)22-23-19(24)28-12-17(25)21-14-7-8-15-16(11-14)27-20(26-15)9-3-2-4-10-20/h7-8,11,13H,2-6,9-10,12H2,1H3,(H,21,25). The monoisotopic (exact) mass is 400 g/mol. The average molecular weight is 401 g/mol. The zero-order valence-electron chi connectivity index (χ0n) is 15.9. The zero-order valence-corrected chi connectivity index (χ0v) is 16.8. The van der Waals surface area contributed by atoms with E-state index >= 15 is 0 Å². The van der Waals surface area contributed by atoms with Gasteiger partial charge in [0.25, 0.3) is 5.79 Å². The molecule has 0 radical (unpaired) electrons. The summed E-state index contributed by atoms with van der Waals surface area (Å²) in [4.78, 5) is 12.4. The molecule has 1 aliphatic heterocycles. The third-order valence-corrected chi connectivity index (χ3v) is 6.60. The van der Waals surface area contributed by atoms with Crippen molar-refractivity contribution >= 4 is 23.4 Å². The maximum absolute atomic E-state index is 12.4. The maximum Gasteiger partial charge on any atom is 0.251 e. The van der Waals surface area contributed by atoms with Gasteiger partial charge in [-0.25, -0.2) is 0 Å². The highest BCUT2D eigenvalue weighted by Crippen LogP contribution is 2.46. The van der Waals surface area contributed by atoms with Crippen LogP contribution >= 0.6 is 11.8 Å². The molecule has 148 valence electrons. The molecule has 0 unspecified atom stereocenters. The van der Waals surface area contributed by atoms with Crippen LogP contribution in [0.25, 0.3) is 0 Å². The van der Waals surface area contributed by atoms with E-state index < -0.39 is 5.79 Å². The minimum Gasteiger partial charge on any atom is -0.448 e. The summed E-state index contributed by atoms with van der Waals surface area (Å²) in [5.41, 5.74) is 0.720. The molecule has 28 heavy (non-hydrogen) atoms. The fourth-order valence-electron chi connectivity index (χ4n) is 3.94. The molecule has 2 saturated carbocycles. The first-order valence-corrected chi connectivity index (χ1v) is 10.9. The number of benzene rings is 1. The Morgan fingerprint density at radius 3 is 2.79 bits per heavy atom. The number of nitrogens with zero attached hydrogens (tertiary/aromatic N) is 3. The molecule has 8 heteroatoms. The fourth-order valence-corrected chi connectivity index (χ4v) is 4.66. The molecular weight excluding hydrogens is 376 g/mol. The number of fused-ring (bicyclic) bond motifs is 1. The lowest BCUT2D eigenvalue weighted by atomic mass is 9.94. The predicted molar refractivity (Wildman–Crippen MR) is 106 cm³/mol. The minimum absolute atomic E-state index is 0.0767. The van der Waals surface area contributed by atoms with Crippen molar-refractivity contribution in [2.24, 2.45) is 7.05 Å². The molecule has 1 spiro atoms. The number of thioether (sulfide) groups is 1. The fraction of sp³-hybridized carbons (Fsp3) is 0.550. The van der Waals surface area contributed by atoms with Gasteiger partial charge >= 0.3 is 0 Å². The van der Waals surface area contributed by atoms with E-state index in [2.05, 4.69) is 15.5 Å². The van der Waals surface area contributed by atoms with E-state index in [1.54, 1.807) is 0 Å². The van der Waals surface area contributed by atoms with Crippen molar-refractivity contribution in [2.75, 3.05) is 11.1 Å². The molecular formula is C20H24N4O3S. The second-order valence-electron chi connectivity index (χ2n) is 7.85. The highest BCUT2D eigenvalue weighted by Gasteiger charge is 2.42. The third kappa shape index (κ3) is 3.45. The molecule has 3 aliphatic rings. The number of rotatable bonds is 5. The Hall–Kier alpha value is -2.22. The van der Waals surface area contributed by atoms with Gasteiger partial charge in [-0.3, -0.25) is 4.79 Å². The van der Waals surface area contributed by atoms with E-state index in [4.69, 9.17) is 9.47 Å². The van der Waals surface area contributed by atoms with E-state index in [0.29, 0.717) is 5.92 Å². The van der Waals surface area contributed by atoms with Gasteiger partial charge < -0.3 is 19.4 Å². The lowest BCUT2D eigenvalue weighted by Crippen LogP contribution is -2.40. The number of anilines is 1. The van der Waals surface area contributed by atoms with Gasteiger partial charge in [-0.15, -0.1) is 10.2 Å². The Kier molecular flexibility index (Phi) is 4.45. The van der Waals surface area contributed by atoms with Crippen molar-refractivity contribution < 1.29 is 14.3 Å².